The maximum atomic E-state index is 12.3. The van der Waals surface area contributed by atoms with Gasteiger partial charge in [-0.25, -0.2) is 15.0 Å². The molecule has 0 saturated carbocycles. The zero-order chi connectivity index (χ0) is 16.0. The van der Waals surface area contributed by atoms with Crippen molar-refractivity contribution in [3.63, 3.8) is 0 Å². The molecular weight excluding hydrogens is 320 g/mol. The lowest BCUT2D eigenvalue weighted by atomic mass is 10.1. The van der Waals surface area contributed by atoms with Crippen LogP contribution in [0.25, 0.3) is 21.6 Å². The van der Waals surface area contributed by atoms with Crippen LogP contribution in [0.15, 0.2) is 18.3 Å². The predicted molar refractivity (Wildman–Crippen MR) is 84.0 cm³/mol. The Morgan fingerprint density at radius 3 is 2.87 bits per heavy atom. The Hall–Kier alpha value is -2.15. The smallest absolute Gasteiger partial charge is 0.388 e. The van der Waals surface area contributed by atoms with E-state index in [2.05, 4.69) is 14.7 Å². The van der Waals surface area contributed by atoms with Gasteiger partial charge in [0.2, 0.25) is 5.88 Å². The van der Waals surface area contributed by atoms with Gasteiger partial charge in [-0.3, -0.25) is 0 Å². The molecule has 0 N–H and O–H groups in total. The lowest BCUT2D eigenvalue weighted by Gasteiger charge is -2.07. The van der Waals surface area contributed by atoms with E-state index in [-0.39, 0.29) is 5.88 Å². The first-order chi connectivity index (χ1) is 11.1. The fourth-order valence-corrected chi connectivity index (χ4v) is 4.03. The summed E-state index contributed by atoms with van der Waals surface area (Å²) in [7, 11) is 0. The van der Waals surface area contributed by atoms with E-state index in [0.29, 0.717) is 11.0 Å². The Morgan fingerprint density at radius 2 is 2.09 bits per heavy atom. The fourth-order valence-electron chi connectivity index (χ4n) is 2.86. The molecule has 4 nitrogen and oxygen atoms in total. The molecule has 118 valence electrons. The van der Waals surface area contributed by atoms with Crippen LogP contribution in [-0.2, 0) is 12.8 Å². The molecule has 1 aliphatic rings. The minimum Gasteiger partial charge on any atom is -0.415 e. The third-order valence-electron chi connectivity index (χ3n) is 3.80. The molecule has 0 saturated heterocycles. The number of aryl methyl sites for hydroxylation is 3. The second-order valence-corrected chi connectivity index (χ2v) is 6.59. The molecule has 3 aromatic rings. The largest absolute Gasteiger partial charge is 0.415 e. The molecule has 0 bridgehead atoms. The van der Waals surface area contributed by atoms with Crippen molar-refractivity contribution in [3.8, 4) is 16.5 Å². The topological polar surface area (TPSA) is 47.9 Å². The summed E-state index contributed by atoms with van der Waals surface area (Å²) in [5.74, 6) is -0.175. The summed E-state index contributed by atoms with van der Waals surface area (Å²) in [6, 6.07) is 3.82. The van der Waals surface area contributed by atoms with Crippen LogP contribution < -0.4 is 4.74 Å². The number of hydrogen-bond acceptors (Lipinski definition) is 5. The van der Waals surface area contributed by atoms with Gasteiger partial charge < -0.3 is 4.74 Å². The van der Waals surface area contributed by atoms with Crippen LogP contribution in [0.1, 0.15) is 22.6 Å². The SMILES string of the molecule is Cc1cc(-c2nc3c(s2)CCC3)c2ncc(OC(F)F)nc2c1. The minimum atomic E-state index is -2.91. The van der Waals surface area contributed by atoms with Gasteiger partial charge in [0.1, 0.15) is 5.01 Å². The lowest BCUT2D eigenvalue weighted by Crippen LogP contribution is -2.04. The molecule has 0 radical (unpaired) electrons. The van der Waals surface area contributed by atoms with Crippen molar-refractivity contribution in [2.24, 2.45) is 0 Å². The van der Waals surface area contributed by atoms with E-state index in [1.807, 2.05) is 19.1 Å². The van der Waals surface area contributed by atoms with Crippen molar-refractivity contribution in [1.82, 2.24) is 15.0 Å². The monoisotopic (exact) mass is 333 g/mol. The van der Waals surface area contributed by atoms with Crippen LogP contribution >= 0.6 is 11.3 Å². The highest BCUT2D eigenvalue weighted by Gasteiger charge is 2.20. The third-order valence-corrected chi connectivity index (χ3v) is 5.00. The van der Waals surface area contributed by atoms with Gasteiger partial charge in [0, 0.05) is 10.4 Å². The standard InChI is InChI=1S/C16H13F2N3OS/c1-8-5-9(15-21-10-3-2-4-12(10)23-15)14-11(6-8)20-13(7-19-14)22-16(17)18/h5-7,16H,2-4H2,1H3. The van der Waals surface area contributed by atoms with Gasteiger partial charge in [-0.2, -0.15) is 8.78 Å². The van der Waals surface area contributed by atoms with Gasteiger partial charge in [-0.05, 0) is 43.9 Å². The van der Waals surface area contributed by atoms with Gasteiger partial charge in [0.05, 0.1) is 22.9 Å². The fraction of sp³-hybridized carbons (Fsp3) is 0.312. The molecule has 0 amide bonds. The summed E-state index contributed by atoms with van der Waals surface area (Å²) in [4.78, 5) is 14.5. The quantitative estimate of drug-likeness (QED) is 0.722. The Morgan fingerprint density at radius 1 is 1.22 bits per heavy atom. The number of ether oxygens (including phenoxy) is 1. The molecule has 4 rings (SSSR count). The number of thiazole rings is 1. The van der Waals surface area contributed by atoms with Crippen LogP contribution in [0.3, 0.4) is 0 Å². The van der Waals surface area contributed by atoms with Crippen molar-refractivity contribution in [1.29, 1.82) is 0 Å². The Balaban J connectivity index is 1.85. The molecule has 0 aliphatic heterocycles. The first-order valence-corrected chi connectivity index (χ1v) is 8.13. The molecule has 0 spiro atoms. The maximum absolute atomic E-state index is 12.3. The molecular formula is C16H13F2N3OS. The van der Waals surface area contributed by atoms with E-state index in [1.165, 1.54) is 16.8 Å². The maximum Gasteiger partial charge on any atom is 0.388 e. The summed E-state index contributed by atoms with van der Waals surface area (Å²) in [5, 5.41) is 0.917. The summed E-state index contributed by atoms with van der Waals surface area (Å²) in [6.07, 6.45) is 4.49. The number of rotatable bonds is 3. The molecule has 0 unspecified atom stereocenters. The van der Waals surface area contributed by atoms with Crippen LogP contribution in [-0.4, -0.2) is 21.6 Å². The highest BCUT2D eigenvalue weighted by molar-refractivity contribution is 7.15. The van der Waals surface area contributed by atoms with Gasteiger partial charge in [-0.15, -0.1) is 11.3 Å². The molecule has 1 aromatic carbocycles. The number of aromatic nitrogens is 3. The Kier molecular flexibility index (Phi) is 3.45. The normalized spacial score (nSPS) is 13.7. The number of halogens is 2. The average Bonchev–Trinajstić information content (AvgIpc) is 3.06. The van der Waals surface area contributed by atoms with E-state index >= 15 is 0 Å². The van der Waals surface area contributed by atoms with Gasteiger partial charge in [0.15, 0.2) is 0 Å². The van der Waals surface area contributed by atoms with Gasteiger partial charge in [0.25, 0.3) is 0 Å². The van der Waals surface area contributed by atoms with Crippen molar-refractivity contribution in [2.75, 3.05) is 0 Å². The Bertz CT molecular complexity index is 873. The minimum absolute atomic E-state index is 0.175. The van der Waals surface area contributed by atoms with Crippen LogP contribution in [0.5, 0.6) is 5.88 Å². The highest BCUT2D eigenvalue weighted by Crippen LogP contribution is 2.36. The number of fused-ring (bicyclic) bond motifs is 2. The first kappa shape index (κ1) is 14.4. The average molecular weight is 333 g/mol. The molecule has 2 aromatic heterocycles. The van der Waals surface area contributed by atoms with Crippen molar-refractivity contribution in [3.05, 3.63) is 34.5 Å². The van der Waals surface area contributed by atoms with Crippen LogP contribution in [0.2, 0.25) is 0 Å². The molecule has 7 heteroatoms. The number of alkyl halides is 2. The van der Waals surface area contributed by atoms with E-state index < -0.39 is 6.61 Å². The number of nitrogens with zero attached hydrogens (tertiary/aromatic N) is 3. The molecule has 1 aliphatic carbocycles. The lowest BCUT2D eigenvalue weighted by molar-refractivity contribution is -0.0528. The summed E-state index contributed by atoms with van der Waals surface area (Å²) in [5.41, 5.74) is 4.24. The predicted octanol–water partition coefficient (Wildman–Crippen LogP) is 4.15. The molecule has 0 atom stereocenters. The molecule has 2 heterocycles. The second kappa shape index (κ2) is 5.49. The summed E-state index contributed by atoms with van der Waals surface area (Å²) >= 11 is 1.68. The number of hydrogen-bond donors (Lipinski definition) is 0. The van der Waals surface area contributed by atoms with Gasteiger partial charge >= 0.3 is 6.61 Å². The number of benzene rings is 1. The summed E-state index contributed by atoms with van der Waals surface area (Å²) in [6.45, 7) is -0.972. The third kappa shape index (κ3) is 2.65. The zero-order valence-corrected chi connectivity index (χ0v) is 13.2. The van der Waals surface area contributed by atoms with Crippen LogP contribution in [0, 0.1) is 6.92 Å². The molecule has 0 fully saturated rings. The second-order valence-electron chi connectivity index (χ2n) is 5.51. The van der Waals surface area contributed by atoms with E-state index in [1.54, 1.807) is 11.3 Å². The van der Waals surface area contributed by atoms with Crippen molar-refractivity contribution >= 4 is 22.4 Å². The zero-order valence-electron chi connectivity index (χ0n) is 12.3. The summed E-state index contributed by atoms with van der Waals surface area (Å²) < 4.78 is 29.0. The van der Waals surface area contributed by atoms with E-state index in [0.717, 1.165) is 35.4 Å². The van der Waals surface area contributed by atoms with Gasteiger partial charge in [-0.1, -0.05) is 0 Å². The molecule has 23 heavy (non-hydrogen) atoms. The highest BCUT2D eigenvalue weighted by atomic mass is 32.1. The van der Waals surface area contributed by atoms with E-state index in [4.69, 9.17) is 4.98 Å². The van der Waals surface area contributed by atoms with Crippen molar-refractivity contribution < 1.29 is 13.5 Å². The van der Waals surface area contributed by atoms with Crippen LogP contribution in [0.4, 0.5) is 8.78 Å². The Labute approximate surface area is 135 Å². The van der Waals surface area contributed by atoms with E-state index in [9.17, 15) is 8.78 Å². The first-order valence-electron chi connectivity index (χ1n) is 7.31. The van der Waals surface area contributed by atoms with Crippen molar-refractivity contribution in [2.45, 2.75) is 32.8 Å².